The van der Waals surface area contributed by atoms with Gasteiger partial charge in [0, 0.05) is 43.5 Å². The van der Waals surface area contributed by atoms with E-state index in [1.54, 1.807) is 6.92 Å². The lowest BCUT2D eigenvalue weighted by Gasteiger charge is -2.37. The van der Waals surface area contributed by atoms with Gasteiger partial charge in [-0.3, -0.25) is 9.59 Å². The zero-order chi connectivity index (χ0) is 18.4. The third-order valence-corrected chi connectivity index (χ3v) is 4.99. The Labute approximate surface area is 155 Å². The third kappa shape index (κ3) is 5.11. The van der Waals surface area contributed by atoms with E-state index in [1.165, 1.54) is 0 Å². The van der Waals surface area contributed by atoms with Gasteiger partial charge in [-0.15, -0.1) is 11.6 Å². The molecule has 1 N–H and O–H groups in total. The molecule has 0 spiro atoms. The number of nitrogens with one attached hydrogen (secondary N) is 1. The first-order valence-electron chi connectivity index (χ1n) is 9.05. The molecule has 1 heterocycles. The molecule has 1 aliphatic heterocycles. The van der Waals surface area contributed by atoms with Crippen LogP contribution in [0.25, 0.3) is 0 Å². The van der Waals surface area contributed by atoms with Crippen molar-refractivity contribution in [3.63, 3.8) is 0 Å². The lowest BCUT2D eigenvalue weighted by molar-refractivity contribution is -0.136. The van der Waals surface area contributed by atoms with Crippen LogP contribution in [0, 0.1) is 5.92 Å². The normalized spacial score (nSPS) is 16.0. The summed E-state index contributed by atoms with van der Waals surface area (Å²) in [5.41, 5.74) is 1.84. The number of hydrogen-bond donors (Lipinski definition) is 1. The van der Waals surface area contributed by atoms with Crippen LogP contribution >= 0.6 is 11.6 Å². The van der Waals surface area contributed by atoms with Crippen molar-refractivity contribution in [2.75, 3.05) is 36.4 Å². The van der Waals surface area contributed by atoms with E-state index in [9.17, 15) is 9.59 Å². The minimum absolute atomic E-state index is 0.152. The maximum Gasteiger partial charge on any atom is 0.242 e. The van der Waals surface area contributed by atoms with Crippen molar-refractivity contribution >= 4 is 34.8 Å². The Morgan fingerprint density at radius 3 is 2.12 bits per heavy atom. The van der Waals surface area contributed by atoms with Gasteiger partial charge in [0.25, 0.3) is 0 Å². The van der Waals surface area contributed by atoms with Gasteiger partial charge < -0.3 is 15.1 Å². The van der Waals surface area contributed by atoms with Gasteiger partial charge in [-0.2, -0.15) is 0 Å². The van der Waals surface area contributed by atoms with Crippen molar-refractivity contribution in [3.05, 3.63) is 24.3 Å². The van der Waals surface area contributed by atoms with Crippen LogP contribution in [0.1, 0.15) is 33.6 Å². The van der Waals surface area contributed by atoms with E-state index in [2.05, 4.69) is 24.1 Å². The predicted octanol–water partition coefficient (Wildman–Crippen LogP) is 3.34. The first kappa shape index (κ1) is 19.6. The largest absolute Gasteiger partial charge is 0.368 e. The second kappa shape index (κ2) is 9.09. The van der Waals surface area contributed by atoms with Crippen LogP contribution in [0.15, 0.2) is 24.3 Å². The van der Waals surface area contributed by atoms with Crippen LogP contribution in [0.3, 0.4) is 0 Å². The first-order valence-corrected chi connectivity index (χ1v) is 9.48. The number of carbonyl (C=O) groups is 2. The summed E-state index contributed by atoms with van der Waals surface area (Å²) in [5, 5.41) is 2.22. The van der Waals surface area contributed by atoms with Gasteiger partial charge in [0.1, 0.15) is 5.38 Å². The summed E-state index contributed by atoms with van der Waals surface area (Å²) >= 11 is 5.76. The highest BCUT2D eigenvalue weighted by Crippen LogP contribution is 2.21. The summed E-state index contributed by atoms with van der Waals surface area (Å²) in [5.74, 6) is 0.236. The average molecular weight is 366 g/mol. The molecule has 1 unspecified atom stereocenters. The highest BCUT2D eigenvalue weighted by molar-refractivity contribution is 6.32. The number of halogens is 1. The summed E-state index contributed by atoms with van der Waals surface area (Å²) in [7, 11) is 0. The van der Waals surface area contributed by atoms with Crippen molar-refractivity contribution in [1.29, 1.82) is 0 Å². The molecule has 1 atom stereocenters. The van der Waals surface area contributed by atoms with Gasteiger partial charge in [0.15, 0.2) is 0 Å². The minimum Gasteiger partial charge on any atom is -0.368 e. The van der Waals surface area contributed by atoms with Gasteiger partial charge >= 0.3 is 0 Å². The molecule has 0 radical (unpaired) electrons. The molecule has 0 aliphatic carbocycles. The lowest BCUT2D eigenvalue weighted by atomic mass is 10.0. The fraction of sp³-hybridized carbons (Fsp3) is 0.579. The molecule has 6 heteroatoms. The highest BCUT2D eigenvalue weighted by atomic mass is 35.5. The number of rotatable bonds is 6. The molecule has 2 amide bonds. The quantitative estimate of drug-likeness (QED) is 0.786. The van der Waals surface area contributed by atoms with Gasteiger partial charge in [0.05, 0.1) is 0 Å². The van der Waals surface area contributed by atoms with Crippen molar-refractivity contribution in [3.8, 4) is 0 Å². The SMILES string of the molecule is CCC(CC)C(=O)N1CCN(c2ccc(NC(=O)C(C)Cl)cc2)CC1. The van der Waals surface area contributed by atoms with E-state index < -0.39 is 5.38 Å². The number of benzene rings is 1. The molecule has 1 aromatic carbocycles. The Hall–Kier alpha value is -1.75. The van der Waals surface area contributed by atoms with Crippen LogP contribution in [-0.4, -0.2) is 48.3 Å². The number of hydrogen-bond acceptors (Lipinski definition) is 3. The van der Waals surface area contributed by atoms with Crippen LogP contribution in [0.4, 0.5) is 11.4 Å². The molecule has 1 saturated heterocycles. The molecular weight excluding hydrogens is 338 g/mol. The second-order valence-electron chi connectivity index (χ2n) is 6.48. The molecule has 0 bridgehead atoms. The molecule has 0 saturated carbocycles. The first-order chi connectivity index (χ1) is 12.0. The van der Waals surface area contributed by atoms with E-state index in [0.29, 0.717) is 0 Å². The molecular formula is C19H28ClN3O2. The number of amides is 2. The number of alkyl halides is 1. The van der Waals surface area contributed by atoms with Gasteiger partial charge in [-0.25, -0.2) is 0 Å². The summed E-state index contributed by atoms with van der Waals surface area (Å²) in [4.78, 5) is 28.3. The number of anilines is 2. The van der Waals surface area contributed by atoms with E-state index in [4.69, 9.17) is 11.6 Å². The second-order valence-corrected chi connectivity index (χ2v) is 7.13. The Morgan fingerprint density at radius 2 is 1.64 bits per heavy atom. The Kier molecular flexibility index (Phi) is 7.12. The molecule has 1 fully saturated rings. The number of nitrogens with zero attached hydrogens (tertiary/aromatic N) is 2. The Morgan fingerprint density at radius 1 is 1.08 bits per heavy atom. The van der Waals surface area contributed by atoms with Crippen LogP contribution < -0.4 is 10.2 Å². The zero-order valence-electron chi connectivity index (χ0n) is 15.3. The number of piperazine rings is 1. The van der Waals surface area contributed by atoms with Crippen molar-refractivity contribution in [2.24, 2.45) is 5.92 Å². The Balaban J connectivity index is 1.90. The molecule has 138 valence electrons. The molecule has 2 rings (SSSR count). The molecule has 25 heavy (non-hydrogen) atoms. The molecule has 1 aliphatic rings. The van der Waals surface area contributed by atoms with E-state index in [1.807, 2.05) is 29.2 Å². The van der Waals surface area contributed by atoms with Crippen molar-refractivity contribution in [2.45, 2.75) is 39.0 Å². The van der Waals surface area contributed by atoms with Gasteiger partial charge in [0.2, 0.25) is 11.8 Å². The Bertz CT molecular complexity index is 577. The minimum atomic E-state index is -0.555. The summed E-state index contributed by atoms with van der Waals surface area (Å²) < 4.78 is 0. The van der Waals surface area contributed by atoms with Crippen LogP contribution in [-0.2, 0) is 9.59 Å². The number of carbonyl (C=O) groups excluding carboxylic acids is 2. The molecule has 1 aromatic rings. The van der Waals surface area contributed by atoms with Crippen LogP contribution in [0.2, 0.25) is 0 Å². The standard InChI is InChI=1S/C19H28ClN3O2/c1-4-15(5-2)19(25)23-12-10-22(11-13-23)17-8-6-16(7-9-17)21-18(24)14(3)20/h6-9,14-15H,4-5,10-13H2,1-3H3,(H,21,24). The van der Waals surface area contributed by atoms with Crippen molar-refractivity contribution in [1.82, 2.24) is 4.90 Å². The van der Waals surface area contributed by atoms with Crippen molar-refractivity contribution < 1.29 is 9.59 Å². The lowest BCUT2D eigenvalue weighted by Crippen LogP contribution is -2.50. The van der Waals surface area contributed by atoms with E-state index in [0.717, 1.165) is 50.4 Å². The smallest absolute Gasteiger partial charge is 0.242 e. The summed E-state index contributed by atoms with van der Waals surface area (Å²) in [6.07, 6.45) is 1.81. The van der Waals surface area contributed by atoms with E-state index in [-0.39, 0.29) is 17.7 Å². The maximum atomic E-state index is 12.5. The van der Waals surface area contributed by atoms with Crippen LogP contribution in [0.5, 0.6) is 0 Å². The molecule has 0 aromatic heterocycles. The monoisotopic (exact) mass is 365 g/mol. The summed E-state index contributed by atoms with van der Waals surface area (Å²) in [6.45, 7) is 8.98. The fourth-order valence-electron chi connectivity index (χ4n) is 3.08. The van der Waals surface area contributed by atoms with E-state index >= 15 is 0 Å². The topological polar surface area (TPSA) is 52.7 Å². The third-order valence-electron chi connectivity index (χ3n) is 4.79. The average Bonchev–Trinajstić information content (AvgIpc) is 2.63. The zero-order valence-corrected chi connectivity index (χ0v) is 16.1. The molecule has 5 nitrogen and oxygen atoms in total. The fourth-order valence-corrected chi connectivity index (χ4v) is 3.13. The maximum absolute atomic E-state index is 12.5. The van der Waals surface area contributed by atoms with Gasteiger partial charge in [-0.1, -0.05) is 13.8 Å². The van der Waals surface area contributed by atoms with Gasteiger partial charge in [-0.05, 0) is 44.0 Å². The predicted molar refractivity (Wildman–Crippen MR) is 103 cm³/mol. The summed E-state index contributed by atoms with van der Waals surface area (Å²) in [6, 6.07) is 7.75. The highest BCUT2D eigenvalue weighted by Gasteiger charge is 2.25.